The Morgan fingerprint density at radius 3 is 2.45 bits per heavy atom. The molecule has 0 radical (unpaired) electrons. The Balaban J connectivity index is 0.00000420. The van der Waals surface area contributed by atoms with E-state index in [1.54, 1.807) is 0 Å². The smallest absolute Gasteiger partial charge is 0.234 e. The quantitative estimate of drug-likeness (QED) is 0.292. The van der Waals surface area contributed by atoms with Crippen molar-refractivity contribution in [2.24, 2.45) is 4.99 Å². The van der Waals surface area contributed by atoms with Crippen molar-refractivity contribution < 1.29 is 9.53 Å². The van der Waals surface area contributed by atoms with Gasteiger partial charge in [0.1, 0.15) is 0 Å². The Morgan fingerprint density at radius 2 is 1.86 bits per heavy atom. The van der Waals surface area contributed by atoms with Crippen LogP contribution in [0, 0.1) is 0 Å². The number of carbonyl (C=O) groups excluding carboxylic acids is 1. The van der Waals surface area contributed by atoms with E-state index in [1.165, 1.54) is 0 Å². The van der Waals surface area contributed by atoms with E-state index in [0.717, 1.165) is 65.0 Å². The first-order valence-corrected chi connectivity index (χ1v) is 10.8. The van der Waals surface area contributed by atoms with Crippen molar-refractivity contribution in [3.8, 4) is 0 Å². The summed E-state index contributed by atoms with van der Waals surface area (Å²) < 4.78 is 5.55. The molecule has 0 aromatic carbocycles. The zero-order valence-corrected chi connectivity index (χ0v) is 21.1. The fourth-order valence-corrected chi connectivity index (χ4v) is 3.83. The van der Waals surface area contributed by atoms with Gasteiger partial charge in [-0.3, -0.25) is 19.6 Å². The Hall–Kier alpha value is -0.650. The Bertz CT molecular complexity index is 511. The van der Waals surface area contributed by atoms with Crippen molar-refractivity contribution in [1.29, 1.82) is 0 Å². The number of ether oxygens (including phenoxy) is 1. The van der Waals surface area contributed by atoms with E-state index in [2.05, 4.69) is 46.1 Å². The first kappa shape index (κ1) is 26.4. The molecule has 2 N–H and O–H groups in total. The molecule has 2 aliphatic rings. The maximum absolute atomic E-state index is 12.0. The molecule has 2 fully saturated rings. The lowest BCUT2D eigenvalue weighted by Gasteiger charge is -2.38. The second-order valence-electron chi connectivity index (χ2n) is 8.19. The molecule has 2 atom stereocenters. The molecule has 2 aliphatic heterocycles. The fourth-order valence-electron chi connectivity index (χ4n) is 3.83. The average Bonchev–Trinajstić information content (AvgIpc) is 2.65. The third-order valence-electron chi connectivity index (χ3n) is 5.31. The van der Waals surface area contributed by atoms with Gasteiger partial charge in [0.25, 0.3) is 0 Å². The SMILES string of the molecule is CCNC(=NCC(C)N1CCOCC1C)N1CCN(CC(=O)NC(C)C)CC1.I. The van der Waals surface area contributed by atoms with Crippen LogP contribution in [-0.2, 0) is 9.53 Å². The van der Waals surface area contributed by atoms with Crippen LogP contribution in [0.1, 0.15) is 34.6 Å². The van der Waals surface area contributed by atoms with Gasteiger partial charge in [-0.15, -0.1) is 24.0 Å². The van der Waals surface area contributed by atoms with Gasteiger partial charge in [0.05, 0.1) is 26.3 Å². The molecule has 9 heteroatoms. The lowest BCUT2D eigenvalue weighted by Crippen LogP contribution is -2.54. The summed E-state index contributed by atoms with van der Waals surface area (Å²) >= 11 is 0. The summed E-state index contributed by atoms with van der Waals surface area (Å²) in [7, 11) is 0. The molecule has 8 nitrogen and oxygen atoms in total. The van der Waals surface area contributed by atoms with E-state index < -0.39 is 0 Å². The largest absolute Gasteiger partial charge is 0.379 e. The number of guanidine groups is 1. The minimum Gasteiger partial charge on any atom is -0.379 e. The van der Waals surface area contributed by atoms with Gasteiger partial charge in [0.15, 0.2) is 5.96 Å². The number of nitrogens with zero attached hydrogens (tertiary/aromatic N) is 4. The summed E-state index contributed by atoms with van der Waals surface area (Å²) in [5.41, 5.74) is 0. The average molecular weight is 524 g/mol. The third kappa shape index (κ3) is 8.94. The van der Waals surface area contributed by atoms with Crippen molar-refractivity contribution >= 4 is 35.8 Å². The number of halogens is 1. The molecule has 0 aromatic rings. The molecule has 0 aromatic heterocycles. The molecule has 170 valence electrons. The highest BCUT2D eigenvalue weighted by Gasteiger charge is 2.25. The van der Waals surface area contributed by atoms with Crippen LogP contribution in [0.5, 0.6) is 0 Å². The minimum atomic E-state index is 0. The van der Waals surface area contributed by atoms with Crippen LogP contribution >= 0.6 is 24.0 Å². The van der Waals surface area contributed by atoms with E-state index in [-0.39, 0.29) is 35.9 Å². The van der Waals surface area contributed by atoms with Gasteiger partial charge in [0.2, 0.25) is 5.91 Å². The van der Waals surface area contributed by atoms with Gasteiger partial charge in [-0.25, -0.2) is 0 Å². The van der Waals surface area contributed by atoms with Gasteiger partial charge >= 0.3 is 0 Å². The van der Waals surface area contributed by atoms with Crippen molar-refractivity contribution in [3.63, 3.8) is 0 Å². The normalized spacial score (nSPS) is 22.9. The molecule has 1 amide bonds. The molecule has 0 bridgehead atoms. The molecule has 2 heterocycles. The standard InChI is InChI=1S/C20H40N6O2.HI/c1-6-21-20(22-13-17(4)26-11-12-28-15-18(26)5)25-9-7-24(8-10-25)14-19(27)23-16(2)3;/h16-18H,6-15H2,1-5H3,(H,21,22)(H,23,27);1H. The number of hydrogen-bond donors (Lipinski definition) is 2. The van der Waals surface area contributed by atoms with E-state index in [9.17, 15) is 4.79 Å². The first-order valence-electron chi connectivity index (χ1n) is 10.8. The third-order valence-corrected chi connectivity index (χ3v) is 5.31. The highest BCUT2D eigenvalue weighted by Crippen LogP contribution is 2.11. The van der Waals surface area contributed by atoms with Crippen LogP contribution in [0.15, 0.2) is 4.99 Å². The topological polar surface area (TPSA) is 72.4 Å². The molecular weight excluding hydrogens is 483 g/mol. The van der Waals surface area contributed by atoms with Crippen LogP contribution in [0.25, 0.3) is 0 Å². The summed E-state index contributed by atoms with van der Waals surface area (Å²) in [6, 6.07) is 1.04. The lowest BCUT2D eigenvalue weighted by molar-refractivity contribution is -0.123. The van der Waals surface area contributed by atoms with Crippen LogP contribution in [0.2, 0.25) is 0 Å². The summed E-state index contributed by atoms with van der Waals surface area (Å²) in [6.07, 6.45) is 0. The molecule has 29 heavy (non-hydrogen) atoms. The van der Waals surface area contributed by atoms with E-state index in [1.807, 2.05) is 13.8 Å². The van der Waals surface area contributed by atoms with Gasteiger partial charge in [-0.1, -0.05) is 0 Å². The fraction of sp³-hybridized carbons (Fsp3) is 0.900. The molecule has 0 aliphatic carbocycles. The number of piperazine rings is 1. The molecule has 2 rings (SSSR count). The highest BCUT2D eigenvalue weighted by atomic mass is 127. The molecular formula is C20H41IN6O2. The van der Waals surface area contributed by atoms with Crippen LogP contribution in [-0.4, -0.2) is 110 Å². The van der Waals surface area contributed by atoms with E-state index in [4.69, 9.17) is 9.73 Å². The predicted molar refractivity (Wildman–Crippen MR) is 129 cm³/mol. The van der Waals surface area contributed by atoms with Crippen LogP contribution < -0.4 is 10.6 Å². The zero-order chi connectivity index (χ0) is 20.5. The maximum Gasteiger partial charge on any atom is 0.234 e. The Labute approximate surface area is 193 Å². The number of aliphatic imine (C=N–C) groups is 1. The number of morpholine rings is 1. The monoisotopic (exact) mass is 524 g/mol. The summed E-state index contributed by atoms with van der Waals surface area (Å²) in [4.78, 5) is 23.9. The number of nitrogens with one attached hydrogen (secondary N) is 2. The molecule has 0 saturated carbocycles. The second kappa shape index (κ2) is 13.6. The number of hydrogen-bond acceptors (Lipinski definition) is 5. The van der Waals surface area contributed by atoms with E-state index >= 15 is 0 Å². The summed E-state index contributed by atoms with van der Waals surface area (Å²) in [5.74, 6) is 1.10. The van der Waals surface area contributed by atoms with Crippen LogP contribution in [0.4, 0.5) is 0 Å². The van der Waals surface area contributed by atoms with Crippen molar-refractivity contribution in [3.05, 3.63) is 0 Å². The molecule has 0 spiro atoms. The number of carbonyl (C=O) groups is 1. The maximum atomic E-state index is 12.0. The predicted octanol–water partition coefficient (Wildman–Crippen LogP) is 0.821. The van der Waals surface area contributed by atoms with Crippen molar-refractivity contribution in [1.82, 2.24) is 25.3 Å². The number of rotatable bonds is 7. The van der Waals surface area contributed by atoms with Gasteiger partial charge in [-0.2, -0.15) is 0 Å². The Morgan fingerprint density at radius 1 is 1.17 bits per heavy atom. The number of amides is 1. The minimum absolute atomic E-state index is 0. The summed E-state index contributed by atoms with van der Waals surface area (Å²) in [6.45, 7) is 18.8. The van der Waals surface area contributed by atoms with Crippen LogP contribution in [0.3, 0.4) is 0 Å². The van der Waals surface area contributed by atoms with Gasteiger partial charge in [-0.05, 0) is 34.6 Å². The second-order valence-corrected chi connectivity index (χ2v) is 8.19. The van der Waals surface area contributed by atoms with Gasteiger partial charge in [0, 0.05) is 57.4 Å². The molecule has 2 unspecified atom stereocenters. The molecule has 2 saturated heterocycles. The Kier molecular flexibility index (Phi) is 12.4. The highest BCUT2D eigenvalue weighted by molar-refractivity contribution is 14.0. The first-order chi connectivity index (χ1) is 13.4. The zero-order valence-electron chi connectivity index (χ0n) is 18.8. The summed E-state index contributed by atoms with van der Waals surface area (Å²) in [5, 5.41) is 6.41. The lowest BCUT2D eigenvalue weighted by atomic mass is 10.2. The van der Waals surface area contributed by atoms with Crippen molar-refractivity contribution in [2.75, 3.05) is 65.6 Å². The van der Waals surface area contributed by atoms with Gasteiger partial charge < -0.3 is 20.3 Å². The van der Waals surface area contributed by atoms with Crippen molar-refractivity contribution in [2.45, 2.75) is 52.7 Å². The van der Waals surface area contributed by atoms with E-state index in [0.29, 0.717) is 18.6 Å².